The molecular formula is C20H23IN2O. The van der Waals surface area contributed by atoms with Crippen LogP contribution in [0.4, 0.5) is 0 Å². The Labute approximate surface area is 160 Å². The molecule has 2 aromatic carbocycles. The number of nitrogens with zero attached hydrogens (tertiary/aromatic N) is 2. The summed E-state index contributed by atoms with van der Waals surface area (Å²) in [4.78, 5) is 6.42. The van der Waals surface area contributed by atoms with Gasteiger partial charge in [-0.1, -0.05) is 42.5 Å². The number of fused-ring (bicyclic) bond motifs is 1. The maximum absolute atomic E-state index is 6.40. The van der Waals surface area contributed by atoms with Gasteiger partial charge in [-0.05, 0) is 31.6 Å². The average molecular weight is 434 g/mol. The lowest BCUT2D eigenvalue weighted by Crippen LogP contribution is -2.19. The van der Waals surface area contributed by atoms with Crippen LogP contribution in [0, 0.1) is 0 Å². The third-order valence-electron chi connectivity index (χ3n) is 3.91. The smallest absolute Gasteiger partial charge is 0.128 e. The highest BCUT2D eigenvalue weighted by Gasteiger charge is 2.15. The van der Waals surface area contributed by atoms with Crippen molar-refractivity contribution >= 4 is 34.7 Å². The largest absolute Gasteiger partial charge is 0.485 e. The summed E-state index contributed by atoms with van der Waals surface area (Å²) in [5.74, 6) is 0.927. The molecule has 3 nitrogen and oxygen atoms in total. The first kappa shape index (κ1) is 18.7. The Kier molecular flexibility index (Phi) is 6.99. The topological polar surface area (TPSA) is 25.4 Å². The molecule has 0 saturated carbocycles. The van der Waals surface area contributed by atoms with Crippen LogP contribution in [0.1, 0.15) is 18.1 Å². The van der Waals surface area contributed by atoms with Gasteiger partial charge in [-0.2, -0.15) is 0 Å². The van der Waals surface area contributed by atoms with Crippen LogP contribution < -0.4 is 4.74 Å². The Bertz CT molecular complexity index is 756. The molecule has 0 saturated heterocycles. The fourth-order valence-corrected chi connectivity index (χ4v) is 2.69. The van der Waals surface area contributed by atoms with Crippen LogP contribution in [0.3, 0.4) is 0 Å². The highest BCUT2D eigenvalue weighted by atomic mass is 127. The Balaban J connectivity index is 0.00000208. The molecule has 1 heterocycles. The maximum Gasteiger partial charge on any atom is 0.128 e. The third kappa shape index (κ3) is 4.68. The second-order valence-corrected chi connectivity index (χ2v) is 5.96. The number of aromatic nitrogens is 1. The normalized spacial score (nSPS) is 12.0. The minimum absolute atomic E-state index is 0. The molecule has 24 heavy (non-hydrogen) atoms. The van der Waals surface area contributed by atoms with Gasteiger partial charge >= 0.3 is 0 Å². The predicted octanol–water partition coefficient (Wildman–Crippen LogP) is 4.92. The average Bonchev–Trinajstić information content (AvgIpc) is 2.59. The first-order valence-corrected chi connectivity index (χ1v) is 7.93. The van der Waals surface area contributed by atoms with E-state index in [4.69, 9.17) is 4.74 Å². The van der Waals surface area contributed by atoms with Crippen molar-refractivity contribution in [3.63, 3.8) is 0 Å². The summed E-state index contributed by atoms with van der Waals surface area (Å²) in [6.07, 6.45) is 4.61. The summed E-state index contributed by atoms with van der Waals surface area (Å²) < 4.78 is 6.40. The molecule has 0 aliphatic rings. The quantitative estimate of drug-likeness (QED) is 0.515. The fraction of sp³-hybridized carbons (Fsp3) is 0.250. The van der Waals surface area contributed by atoms with Crippen molar-refractivity contribution in [2.24, 2.45) is 0 Å². The van der Waals surface area contributed by atoms with Gasteiger partial charge in [0, 0.05) is 36.3 Å². The SMILES string of the molecule is CN(C)CCC(Oc1cccc2ccccc12)c1cccnc1.I. The van der Waals surface area contributed by atoms with Crippen LogP contribution in [-0.4, -0.2) is 30.5 Å². The zero-order valence-electron chi connectivity index (χ0n) is 14.1. The molecule has 126 valence electrons. The molecule has 1 atom stereocenters. The van der Waals surface area contributed by atoms with Crippen molar-refractivity contribution in [2.45, 2.75) is 12.5 Å². The van der Waals surface area contributed by atoms with Gasteiger partial charge < -0.3 is 9.64 Å². The summed E-state index contributed by atoms with van der Waals surface area (Å²) >= 11 is 0. The van der Waals surface area contributed by atoms with E-state index in [2.05, 4.69) is 54.3 Å². The van der Waals surface area contributed by atoms with Crippen molar-refractivity contribution in [1.82, 2.24) is 9.88 Å². The number of ether oxygens (including phenoxy) is 1. The molecule has 0 fully saturated rings. The van der Waals surface area contributed by atoms with Gasteiger partial charge in [-0.25, -0.2) is 0 Å². The predicted molar refractivity (Wildman–Crippen MR) is 110 cm³/mol. The molecule has 0 bridgehead atoms. The molecule has 1 aromatic heterocycles. The number of rotatable bonds is 6. The molecule has 0 radical (unpaired) electrons. The van der Waals surface area contributed by atoms with Crippen molar-refractivity contribution in [2.75, 3.05) is 20.6 Å². The van der Waals surface area contributed by atoms with Crippen molar-refractivity contribution in [3.8, 4) is 5.75 Å². The van der Waals surface area contributed by atoms with E-state index in [0.717, 1.165) is 29.7 Å². The molecule has 4 heteroatoms. The highest BCUT2D eigenvalue weighted by molar-refractivity contribution is 14.0. The number of halogens is 1. The summed E-state index contributed by atoms with van der Waals surface area (Å²) in [6.45, 7) is 0.963. The molecule has 3 rings (SSSR count). The van der Waals surface area contributed by atoms with Gasteiger partial charge in [-0.3, -0.25) is 4.98 Å². The van der Waals surface area contributed by atoms with E-state index in [1.165, 1.54) is 5.39 Å². The van der Waals surface area contributed by atoms with E-state index in [-0.39, 0.29) is 30.1 Å². The Morgan fingerprint density at radius 3 is 2.54 bits per heavy atom. The monoisotopic (exact) mass is 434 g/mol. The molecule has 3 aromatic rings. The minimum atomic E-state index is -0.00286. The van der Waals surface area contributed by atoms with Crippen LogP contribution in [0.15, 0.2) is 67.0 Å². The molecule has 0 amide bonds. The van der Waals surface area contributed by atoms with Crippen LogP contribution in [0.25, 0.3) is 10.8 Å². The zero-order chi connectivity index (χ0) is 16.1. The summed E-state index contributed by atoms with van der Waals surface area (Å²) in [6, 6.07) is 18.6. The summed E-state index contributed by atoms with van der Waals surface area (Å²) in [7, 11) is 4.16. The number of hydrogen-bond donors (Lipinski definition) is 0. The van der Waals surface area contributed by atoms with Gasteiger partial charge in [0.2, 0.25) is 0 Å². The minimum Gasteiger partial charge on any atom is -0.485 e. The lowest BCUT2D eigenvalue weighted by molar-refractivity contribution is 0.181. The number of hydrogen-bond acceptors (Lipinski definition) is 3. The lowest BCUT2D eigenvalue weighted by Gasteiger charge is -2.22. The molecule has 1 unspecified atom stereocenters. The summed E-state index contributed by atoms with van der Waals surface area (Å²) in [5, 5.41) is 2.34. The Morgan fingerprint density at radius 2 is 1.79 bits per heavy atom. The highest BCUT2D eigenvalue weighted by Crippen LogP contribution is 2.30. The lowest BCUT2D eigenvalue weighted by atomic mass is 10.1. The van der Waals surface area contributed by atoms with Gasteiger partial charge in [0.1, 0.15) is 11.9 Å². The first-order chi connectivity index (χ1) is 11.2. The Morgan fingerprint density at radius 1 is 1.00 bits per heavy atom. The van der Waals surface area contributed by atoms with Crippen LogP contribution >= 0.6 is 24.0 Å². The van der Waals surface area contributed by atoms with E-state index in [1.54, 1.807) is 6.20 Å². The Hall–Kier alpha value is -1.66. The second kappa shape index (κ2) is 8.99. The van der Waals surface area contributed by atoms with E-state index in [0.29, 0.717) is 0 Å². The third-order valence-corrected chi connectivity index (χ3v) is 3.91. The van der Waals surface area contributed by atoms with Crippen LogP contribution in [0.5, 0.6) is 5.75 Å². The number of benzene rings is 2. The van der Waals surface area contributed by atoms with Crippen LogP contribution in [-0.2, 0) is 0 Å². The fourth-order valence-electron chi connectivity index (χ4n) is 2.69. The molecule has 0 aliphatic carbocycles. The van der Waals surface area contributed by atoms with Gasteiger partial charge in [0.25, 0.3) is 0 Å². The standard InChI is InChI=1S/C20H22N2O.HI/c1-22(2)14-12-19(17-9-6-13-21-15-17)23-20-11-5-8-16-7-3-4-10-18(16)20;/h3-11,13,15,19H,12,14H2,1-2H3;1H. The van der Waals surface area contributed by atoms with Crippen molar-refractivity contribution < 1.29 is 4.74 Å². The van der Waals surface area contributed by atoms with Crippen LogP contribution in [0.2, 0.25) is 0 Å². The van der Waals surface area contributed by atoms with E-state index in [9.17, 15) is 0 Å². The molecule has 0 aliphatic heterocycles. The van der Waals surface area contributed by atoms with Gasteiger partial charge in [0.05, 0.1) is 0 Å². The van der Waals surface area contributed by atoms with E-state index in [1.807, 2.05) is 30.5 Å². The van der Waals surface area contributed by atoms with Crippen molar-refractivity contribution in [1.29, 1.82) is 0 Å². The first-order valence-electron chi connectivity index (χ1n) is 7.93. The molecule has 0 N–H and O–H groups in total. The number of pyridine rings is 1. The summed E-state index contributed by atoms with van der Waals surface area (Å²) in [5.41, 5.74) is 1.11. The second-order valence-electron chi connectivity index (χ2n) is 5.96. The zero-order valence-corrected chi connectivity index (χ0v) is 16.4. The molecule has 0 spiro atoms. The van der Waals surface area contributed by atoms with E-state index >= 15 is 0 Å². The van der Waals surface area contributed by atoms with E-state index < -0.39 is 0 Å². The van der Waals surface area contributed by atoms with Gasteiger partial charge in [0.15, 0.2) is 0 Å². The van der Waals surface area contributed by atoms with Crippen molar-refractivity contribution in [3.05, 3.63) is 72.6 Å². The van der Waals surface area contributed by atoms with Gasteiger partial charge in [-0.15, -0.1) is 24.0 Å². The molecular weight excluding hydrogens is 411 g/mol. The maximum atomic E-state index is 6.40.